The fourth-order valence-corrected chi connectivity index (χ4v) is 7.96. The van der Waals surface area contributed by atoms with Crippen LogP contribution in [0.25, 0.3) is 0 Å². The lowest BCUT2D eigenvalue weighted by atomic mass is 9.99. The molecule has 0 bridgehead atoms. The fourth-order valence-electron chi connectivity index (χ4n) is 7.96. The summed E-state index contributed by atoms with van der Waals surface area (Å²) in [6, 6.07) is -0.834. The molecule has 0 aromatic heterocycles. The summed E-state index contributed by atoms with van der Waals surface area (Å²) in [7, 11) is 0. The molecule has 1 saturated heterocycles. The maximum absolute atomic E-state index is 13.0. The van der Waals surface area contributed by atoms with Gasteiger partial charge in [0.1, 0.15) is 24.4 Å². The van der Waals surface area contributed by atoms with Gasteiger partial charge in [-0.25, -0.2) is 0 Å². The molecule has 11 nitrogen and oxygen atoms in total. The molecule has 0 saturated carbocycles. The number of unbranched alkanes of at least 4 members (excludes halogenated alkanes) is 26. The Hall–Kier alpha value is -2.12. The van der Waals surface area contributed by atoms with E-state index in [0.717, 1.165) is 70.6 Å². The van der Waals surface area contributed by atoms with Crippen LogP contribution >= 0.6 is 0 Å². The smallest absolute Gasteiger partial charge is 0.305 e. The Morgan fingerprint density at radius 1 is 0.562 bits per heavy atom. The number of hydrogen-bond acceptors (Lipinski definition) is 10. The van der Waals surface area contributed by atoms with Gasteiger partial charge in [-0.2, -0.15) is 0 Å². The molecule has 1 amide bonds. The second kappa shape index (κ2) is 43.5. The van der Waals surface area contributed by atoms with E-state index < -0.39 is 49.5 Å². The molecule has 1 aliphatic rings. The van der Waals surface area contributed by atoms with Crippen molar-refractivity contribution < 1.29 is 49.3 Å². The van der Waals surface area contributed by atoms with E-state index in [0.29, 0.717) is 19.4 Å². The monoisotopic (exact) mass is 908 g/mol. The fraction of sp³-hybridized carbons (Fsp3) is 0.849. The van der Waals surface area contributed by atoms with Crippen molar-refractivity contribution in [2.24, 2.45) is 0 Å². The first kappa shape index (κ1) is 59.9. The number of carbonyl (C=O) groups is 2. The third-order valence-corrected chi connectivity index (χ3v) is 12.2. The molecule has 0 aromatic rings. The molecule has 6 N–H and O–H groups in total. The highest BCUT2D eigenvalue weighted by molar-refractivity contribution is 5.76. The van der Waals surface area contributed by atoms with Crippen LogP contribution in [0.1, 0.15) is 226 Å². The molecule has 64 heavy (non-hydrogen) atoms. The molecule has 0 spiro atoms. The van der Waals surface area contributed by atoms with Crippen molar-refractivity contribution in [1.82, 2.24) is 5.32 Å². The third kappa shape index (κ3) is 33.4. The Morgan fingerprint density at radius 3 is 1.59 bits per heavy atom. The van der Waals surface area contributed by atoms with Crippen LogP contribution in [0.3, 0.4) is 0 Å². The number of hydrogen-bond donors (Lipinski definition) is 6. The van der Waals surface area contributed by atoms with Crippen LogP contribution in [0, 0.1) is 0 Å². The van der Waals surface area contributed by atoms with E-state index in [4.69, 9.17) is 14.2 Å². The molecule has 1 rings (SSSR count). The van der Waals surface area contributed by atoms with E-state index in [1.807, 2.05) is 6.08 Å². The topological polar surface area (TPSA) is 175 Å². The van der Waals surface area contributed by atoms with Crippen LogP contribution in [0.15, 0.2) is 36.5 Å². The first-order chi connectivity index (χ1) is 31.2. The van der Waals surface area contributed by atoms with Crippen LogP contribution in [-0.4, -0.2) is 100 Å². The molecule has 11 heteroatoms. The zero-order valence-corrected chi connectivity index (χ0v) is 40.7. The van der Waals surface area contributed by atoms with Crippen molar-refractivity contribution in [3.8, 4) is 0 Å². The van der Waals surface area contributed by atoms with E-state index in [1.54, 1.807) is 6.08 Å². The minimum absolute atomic E-state index is 0.0356. The van der Waals surface area contributed by atoms with Crippen LogP contribution in [0.2, 0.25) is 0 Å². The molecular formula is C53H97NO10. The average molecular weight is 908 g/mol. The lowest BCUT2D eigenvalue weighted by Gasteiger charge is -2.40. The van der Waals surface area contributed by atoms with Crippen LogP contribution in [-0.2, 0) is 23.8 Å². The highest BCUT2D eigenvalue weighted by Crippen LogP contribution is 2.23. The third-order valence-electron chi connectivity index (χ3n) is 12.2. The number of nitrogens with one attached hydrogen (secondary N) is 1. The summed E-state index contributed by atoms with van der Waals surface area (Å²) in [4.78, 5) is 25.0. The summed E-state index contributed by atoms with van der Waals surface area (Å²) in [6.07, 6.45) is 40.8. The number of carbonyl (C=O) groups excluding carboxylic acids is 2. The standard InChI is InChI=1S/C53H97NO10/c1-3-5-7-9-11-13-19-23-27-31-35-39-46(56)45(44-63-53-52(61)51(60)50(59)47(43-55)64-53)54-48(57)40-36-32-28-24-21-17-15-16-18-22-26-30-34-38-42-62-49(58)41-37-33-29-25-20-14-12-10-8-6-4-2/h10,12,19,23,35,39,45-47,50-53,55-56,59-61H,3-9,11,13-18,20-22,24-34,36-38,40-44H2,1-2H3,(H,54,57)/b12-10-,23-19+,39-35+. The number of ether oxygens (including phenoxy) is 3. The number of esters is 1. The summed E-state index contributed by atoms with van der Waals surface area (Å²) in [6.45, 7) is 4.21. The van der Waals surface area contributed by atoms with Gasteiger partial charge in [0.25, 0.3) is 0 Å². The lowest BCUT2D eigenvalue weighted by Crippen LogP contribution is -2.60. The van der Waals surface area contributed by atoms with E-state index in [2.05, 4.69) is 43.5 Å². The lowest BCUT2D eigenvalue weighted by molar-refractivity contribution is -0.302. The number of aliphatic hydroxyl groups is 5. The molecule has 7 unspecified atom stereocenters. The van der Waals surface area contributed by atoms with Gasteiger partial charge >= 0.3 is 5.97 Å². The molecule has 0 aromatic carbocycles. The molecule has 1 heterocycles. The summed E-state index contributed by atoms with van der Waals surface area (Å²) in [5, 5.41) is 54.1. The minimum atomic E-state index is -1.58. The summed E-state index contributed by atoms with van der Waals surface area (Å²) in [5.41, 5.74) is 0. The van der Waals surface area contributed by atoms with E-state index >= 15 is 0 Å². The largest absolute Gasteiger partial charge is 0.466 e. The minimum Gasteiger partial charge on any atom is -0.466 e. The van der Waals surface area contributed by atoms with Gasteiger partial charge in [0.05, 0.1) is 32.0 Å². The van der Waals surface area contributed by atoms with Crippen molar-refractivity contribution in [1.29, 1.82) is 0 Å². The molecule has 0 radical (unpaired) electrons. The van der Waals surface area contributed by atoms with Crippen molar-refractivity contribution in [3.63, 3.8) is 0 Å². The van der Waals surface area contributed by atoms with Gasteiger partial charge in [0, 0.05) is 12.8 Å². The van der Waals surface area contributed by atoms with Crippen molar-refractivity contribution >= 4 is 11.9 Å². The van der Waals surface area contributed by atoms with Crippen LogP contribution in [0.4, 0.5) is 0 Å². The second-order valence-corrected chi connectivity index (χ2v) is 18.2. The first-order valence-electron chi connectivity index (χ1n) is 26.3. The van der Waals surface area contributed by atoms with Crippen molar-refractivity contribution in [2.75, 3.05) is 19.8 Å². The second-order valence-electron chi connectivity index (χ2n) is 18.2. The summed E-state index contributed by atoms with van der Waals surface area (Å²) < 4.78 is 16.6. The number of allylic oxidation sites excluding steroid dienone is 5. The zero-order chi connectivity index (χ0) is 46.7. The summed E-state index contributed by atoms with van der Waals surface area (Å²) >= 11 is 0. The normalized spacial score (nSPS) is 20.1. The Bertz CT molecular complexity index is 1160. The average Bonchev–Trinajstić information content (AvgIpc) is 3.29. The quantitative estimate of drug-likeness (QED) is 0.0196. The van der Waals surface area contributed by atoms with Gasteiger partial charge in [-0.1, -0.05) is 185 Å². The molecule has 0 aliphatic carbocycles. The van der Waals surface area contributed by atoms with Gasteiger partial charge in [-0.05, 0) is 64.2 Å². The molecule has 1 aliphatic heterocycles. The Labute approximate surface area is 390 Å². The van der Waals surface area contributed by atoms with Crippen LogP contribution < -0.4 is 5.32 Å². The van der Waals surface area contributed by atoms with Gasteiger partial charge in [-0.15, -0.1) is 0 Å². The molecular weight excluding hydrogens is 811 g/mol. The maximum atomic E-state index is 13.0. The Kier molecular flexibility index (Phi) is 40.7. The Morgan fingerprint density at radius 2 is 1.03 bits per heavy atom. The van der Waals surface area contributed by atoms with Crippen molar-refractivity contribution in [2.45, 2.75) is 269 Å². The predicted molar refractivity (Wildman–Crippen MR) is 260 cm³/mol. The maximum Gasteiger partial charge on any atom is 0.305 e. The van der Waals surface area contributed by atoms with Crippen LogP contribution in [0.5, 0.6) is 0 Å². The molecule has 7 atom stereocenters. The highest BCUT2D eigenvalue weighted by Gasteiger charge is 2.44. The van der Waals surface area contributed by atoms with E-state index in [9.17, 15) is 35.1 Å². The van der Waals surface area contributed by atoms with E-state index in [1.165, 1.54) is 128 Å². The predicted octanol–water partition coefficient (Wildman–Crippen LogP) is 10.8. The van der Waals surface area contributed by atoms with E-state index in [-0.39, 0.29) is 18.5 Å². The van der Waals surface area contributed by atoms with Gasteiger partial charge in [0.2, 0.25) is 5.91 Å². The number of aliphatic hydroxyl groups excluding tert-OH is 5. The highest BCUT2D eigenvalue weighted by atomic mass is 16.7. The van der Waals surface area contributed by atoms with Gasteiger partial charge in [-0.3, -0.25) is 9.59 Å². The van der Waals surface area contributed by atoms with Crippen molar-refractivity contribution in [3.05, 3.63) is 36.5 Å². The number of amides is 1. The van der Waals surface area contributed by atoms with Gasteiger partial charge in [0.15, 0.2) is 6.29 Å². The Balaban J connectivity index is 2.16. The molecule has 1 fully saturated rings. The zero-order valence-electron chi connectivity index (χ0n) is 40.7. The number of rotatable bonds is 44. The SMILES string of the molecule is CCCC/C=C\CCCCCCCC(=O)OCCCCCCCCCCCCCCCCC(=O)NC(COC1OC(CO)C(O)C(O)C1O)C(O)/C=C/CC/C=C/CCCCCCC. The van der Waals surface area contributed by atoms with Gasteiger partial charge < -0.3 is 45.1 Å². The first-order valence-corrected chi connectivity index (χ1v) is 26.3. The molecule has 374 valence electrons. The summed E-state index contributed by atoms with van der Waals surface area (Å²) in [5.74, 6) is -0.240.